The van der Waals surface area contributed by atoms with Gasteiger partial charge in [-0.25, -0.2) is 9.97 Å². The van der Waals surface area contributed by atoms with Crippen molar-refractivity contribution >= 4 is 56.0 Å². The molecule has 0 atom stereocenters. The number of rotatable bonds is 8. The Labute approximate surface area is 195 Å². The molecule has 8 heteroatoms. The molecule has 0 unspecified atom stereocenters. The molecule has 0 saturated carbocycles. The van der Waals surface area contributed by atoms with Gasteiger partial charge in [-0.1, -0.05) is 35.9 Å². The number of amides is 1. The number of hydrogen-bond acceptors (Lipinski definition) is 5. The molecule has 5 nitrogen and oxygen atoms in total. The Morgan fingerprint density at radius 2 is 2.16 bits per heavy atom. The number of aryl methyl sites for hydroxylation is 2. The van der Waals surface area contributed by atoms with Gasteiger partial charge in [0.25, 0.3) is 5.91 Å². The summed E-state index contributed by atoms with van der Waals surface area (Å²) in [5, 5.41) is 1.38. The Morgan fingerprint density at radius 3 is 2.94 bits per heavy atom. The van der Waals surface area contributed by atoms with Crippen molar-refractivity contribution < 1.29 is 4.79 Å². The molecule has 2 aromatic heterocycles. The zero-order chi connectivity index (χ0) is 21.8. The van der Waals surface area contributed by atoms with Gasteiger partial charge in [0.15, 0.2) is 5.13 Å². The van der Waals surface area contributed by atoms with Crippen LogP contribution in [0.25, 0.3) is 10.2 Å². The van der Waals surface area contributed by atoms with Crippen LogP contribution in [-0.4, -0.2) is 32.7 Å². The summed E-state index contributed by atoms with van der Waals surface area (Å²) in [6, 6.07) is 11.6. The zero-order valence-electron chi connectivity index (χ0n) is 17.4. The monoisotopic (exact) mass is 470 g/mol. The van der Waals surface area contributed by atoms with Gasteiger partial charge in [-0.3, -0.25) is 9.69 Å². The summed E-state index contributed by atoms with van der Waals surface area (Å²) in [4.78, 5) is 25.4. The number of carbonyl (C=O) groups is 1. The van der Waals surface area contributed by atoms with Crippen LogP contribution in [0.1, 0.15) is 29.3 Å². The van der Waals surface area contributed by atoms with E-state index in [2.05, 4.69) is 11.9 Å². The number of benzene rings is 2. The van der Waals surface area contributed by atoms with Crippen molar-refractivity contribution in [3.63, 3.8) is 0 Å². The van der Waals surface area contributed by atoms with Crippen molar-refractivity contribution in [3.05, 3.63) is 71.3 Å². The fourth-order valence-electron chi connectivity index (χ4n) is 3.41. The second-order valence-electron chi connectivity index (χ2n) is 7.14. The molecular weight excluding hydrogens is 448 g/mol. The summed E-state index contributed by atoms with van der Waals surface area (Å²) in [5.74, 6) is 0.927. The highest BCUT2D eigenvalue weighted by Gasteiger charge is 2.22. The van der Waals surface area contributed by atoms with Gasteiger partial charge in [-0.05, 0) is 55.0 Å². The topological polar surface area (TPSA) is 51.0 Å². The number of thiazole rings is 1. The van der Waals surface area contributed by atoms with Gasteiger partial charge in [0, 0.05) is 41.0 Å². The standard InChI is InChI=1S/C23H23ClN4OS2/c1-3-30-19-7-4-6-17(13-19)22(29)28(10-5-9-27-11-8-25-15-27)23-26-21-16(2)12-18(24)14-20(21)31-23/h4,6-8,11-15H,3,5,9-10H2,1-2H3. The average Bonchev–Trinajstić information content (AvgIpc) is 3.41. The van der Waals surface area contributed by atoms with Gasteiger partial charge in [0.05, 0.1) is 16.5 Å². The summed E-state index contributed by atoms with van der Waals surface area (Å²) in [6.07, 6.45) is 6.28. The molecule has 2 heterocycles. The van der Waals surface area contributed by atoms with E-state index >= 15 is 0 Å². The number of imidazole rings is 1. The lowest BCUT2D eigenvalue weighted by Gasteiger charge is -2.20. The maximum absolute atomic E-state index is 13.6. The molecule has 160 valence electrons. The zero-order valence-corrected chi connectivity index (χ0v) is 19.8. The minimum atomic E-state index is -0.0352. The Balaban J connectivity index is 1.66. The summed E-state index contributed by atoms with van der Waals surface area (Å²) in [5.41, 5.74) is 2.58. The van der Waals surface area contributed by atoms with E-state index in [0.717, 1.165) is 39.4 Å². The second-order valence-corrected chi connectivity index (χ2v) is 9.92. The fourth-order valence-corrected chi connectivity index (χ4v) is 5.58. The average molecular weight is 471 g/mol. The molecule has 0 fully saturated rings. The second kappa shape index (κ2) is 9.85. The minimum absolute atomic E-state index is 0.0352. The molecular formula is C23H23ClN4OS2. The lowest BCUT2D eigenvalue weighted by Crippen LogP contribution is -2.32. The van der Waals surface area contributed by atoms with E-state index < -0.39 is 0 Å². The Kier molecular flexibility index (Phi) is 6.95. The molecule has 0 aliphatic rings. The Hall–Kier alpha value is -2.35. The maximum atomic E-state index is 13.6. The molecule has 0 aliphatic carbocycles. The number of hydrogen-bond donors (Lipinski definition) is 0. The van der Waals surface area contributed by atoms with Crippen LogP contribution < -0.4 is 4.90 Å². The van der Waals surface area contributed by atoms with E-state index in [1.807, 2.05) is 54.1 Å². The third-order valence-electron chi connectivity index (χ3n) is 4.86. The smallest absolute Gasteiger partial charge is 0.260 e. The van der Waals surface area contributed by atoms with Crippen molar-refractivity contribution in [3.8, 4) is 0 Å². The van der Waals surface area contributed by atoms with Gasteiger partial charge in [-0.2, -0.15) is 0 Å². The first-order valence-corrected chi connectivity index (χ1v) is 12.3. The highest BCUT2D eigenvalue weighted by Crippen LogP contribution is 2.34. The molecule has 2 aromatic carbocycles. The van der Waals surface area contributed by atoms with Crippen LogP contribution in [-0.2, 0) is 6.54 Å². The number of anilines is 1. The Bertz CT molecular complexity index is 1190. The van der Waals surface area contributed by atoms with Gasteiger partial charge < -0.3 is 4.57 Å². The number of nitrogens with zero attached hydrogens (tertiary/aromatic N) is 4. The fraction of sp³-hybridized carbons (Fsp3) is 0.261. The number of aromatic nitrogens is 3. The number of carbonyl (C=O) groups excluding carboxylic acids is 1. The van der Waals surface area contributed by atoms with Crippen LogP contribution >= 0.6 is 34.7 Å². The molecule has 4 rings (SSSR count). The number of thioether (sulfide) groups is 1. The maximum Gasteiger partial charge on any atom is 0.260 e. The minimum Gasteiger partial charge on any atom is -0.337 e. The molecule has 0 saturated heterocycles. The lowest BCUT2D eigenvalue weighted by atomic mass is 10.2. The van der Waals surface area contributed by atoms with Crippen LogP contribution in [0.4, 0.5) is 5.13 Å². The third kappa shape index (κ3) is 5.11. The predicted octanol–water partition coefficient (Wildman–Crippen LogP) is 6.30. The van der Waals surface area contributed by atoms with E-state index in [1.165, 1.54) is 11.3 Å². The number of halogens is 1. The van der Waals surface area contributed by atoms with Crippen molar-refractivity contribution in [2.24, 2.45) is 0 Å². The normalized spacial score (nSPS) is 11.2. The van der Waals surface area contributed by atoms with E-state index in [4.69, 9.17) is 16.6 Å². The van der Waals surface area contributed by atoms with E-state index in [9.17, 15) is 4.79 Å². The first-order valence-electron chi connectivity index (χ1n) is 10.1. The van der Waals surface area contributed by atoms with Gasteiger partial charge >= 0.3 is 0 Å². The molecule has 0 radical (unpaired) electrons. The van der Waals surface area contributed by atoms with E-state index in [-0.39, 0.29) is 5.91 Å². The van der Waals surface area contributed by atoms with Gasteiger partial charge in [0.1, 0.15) is 0 Å². The highest BCUT2D eigenvalue weighted by atomic mass is 35.5. The molecule has 4 aromatic rings. The van der Waals surface area contributed by atoms with Crippen LogP contribution in [0.15, 0.2) is 60.0 Å². The lowest BCUT2D eigenvalue weighted by molar-refractivity contribution is 0.0986. The molecule has 0 bridgehead atoms. The molecule has 31 heavy (non-hydrogen) atoms. The molecule has 0 N–H and O–H groups in total. The van der Waals surface area contributed by atoms with Gasteiger partial charge in [0.2, 0.25) is 0 Å². The van der Waals surface area contributed by atoms with Crippen molar-refractivity contribution in [2.45, 2.75) is 31.7 Å². The number of fused-ring (bicyclic) bond motifs is 1. The predicted molar refractivity (Wildman–Crippen MR) is 131 cm³/mol. The SMILES string of the molecule is CCSc1cccc(C(=O)N(CCCn2ccnc2)c2nc3c(C)cc(Cl)cc3s2)c1. The first kappa shape index (κ1) is 21.9. The quantitative estimate of drug-likeness (QED) is 0.283. The van der Waals surface area contributed by atoms with Crippen LogP contribution in [0.2, 0.25) is 5.02 Å². The molecule has 0 aliphatic heterocycles. The molecule has 0 spiro atoms. The van der Waals surface area contributed by atoms with Gasteiger partial charge in [-0.15, -0.1) is 11.8 Å². The van der Waals surface area contributed by atoms with Crippen LogP contribution in [0.5, 0.6) is 0 Å². The third-order valence-corrected chi connectivity index (χ3v) is 6.98. The summed E-state index contributed by atoms with van der Waals surface area (Å²) in [6.45, 7) is 5.45. The largest absolute Gasteiger partial charge is 0.337 e. The summed E-state index contributed by atoms with van der Waals surface area (Å²) >= 11 is 9.48. The summed E-state index contributed by atoms with van der Waals surface area (Å²) < 4.78 is 3.01. The van der Waals surface area contributed by atoms with E-state index in [1.54, 1.807) is 29.2 Å². The highest BCUT2D eigenvalue weighted by molar-refractivity contribution is 7.99. The molecule has 1 amide bonds. The van der Waals surface area contributed by atoms with Crippen molar-refractivity contribution in [1.29, 1.82) is 0 Å². The van der Waals surface area contributed by atoms with Crippen molar-refractivity contribution in [2.75, 3.05) is 17.2 Å². The van der Waals surface area contributed by atoms with Crippen LogP contribution in [0, 0.1) is 6.92 Å². The summed E-state index contributed by atoms with van der Waals surface area (Å²) in [7, 11) is 0. The van der Waals surface area contributed by atoms with Crippen LogP contribution in [0.3, 0.4) is 0 Å². The Morgan fingerprint density at radius 1 is 1.29 bits per heavy atom. The van der Waals surface area contributed by atoms with E-state index in [0.29, 0.717) is 22.3 Å². The van der Waals surface area contributed by atoms with Crippen molar-refractivity contribution in [1.82, 2.24) is 14.5 Å². The first-order chi connectivity index (χ1) is 15.0.